The molecule has 0 saturated carbocycles. The lowest BCUT2D eigenvalue weighted by Crippen LogP contribution is -2.41. The van der Waals surface area contributed by atoms with Crippen LogP contribution in [-0.4, -0.2) is 71.6 Å². The van der Waals surface area contributed by atoms with Gasteiger partial charge >= 0.3 is 0 Å². The fraction of sp³-hybridized carbons (Fsp3) is 0.348. The first-order chi connectivity index (χ1) is 15.0. The Morgan fingerprint density at radius 2 is 1.84 bits per heavy atom. The Kier molecular flexibility index (Phi) is 7.75. The monoisotopic (exact) mass is 425 g/mol. The summed E-state index contributed by atoms with van der Waals surface area (Å²) in [6.07, 6.45) is -0.522. The van der Waals surface area contributed by atoms with E-state index in [4.69, 9.17) is 9.94 Å². The maximum absolute atomic E-state index is 13.2. The van der Waals surface area contributed by atoms with Crippen LogP contribution in [0.1, 0.15) is 23.2 Å². The molecule has 2 aromatic rings. The van der Waals surface area contributed by atoms with Crippen molar-refractivity contribution in [2.24, 2.45) is 5.16 Å². The number of nitrogens with one attached hydrogen (secondary N) is 1. The number of nitrogens with zero attached hydrogens (tertiary/aromatic N) is 2. The summed E-state index contributed by atoms with van der Waals surface area (Å²) < 4.78 is 0. The van der Waals surface area contributed by atoms with Crippen LogP contribution in [0.5, 0.6) is 0 Å². The Morgan fingerprint density at radius 3 is 2.48 bits per heavy atom. The molecule has 1 aliphatic rings. The van der Waals surface area contributed by atoms with Crippen molar-refractivity contribution in [1.29, 1.82) is 0 Å². The van der Waals surface area contributed by atoms with E-state index in [1.807, 2.05) is 42.5 Å². The maximum Gasteiger partial charge on any atom is 0.254 e. The van der Waals surface area contributed by atoms with Gasteiger partial charge in [-0.05, 0) is 23.3 Å². The minimum atomic E-state index is -1.01. The van der Waals surface area contributed by atoms with Gasteiger partial charge in [0.1, 0.15) is 7.11 Å². The van der Waals surface area contributed by atoms with Crippen LogP contribution in [0.4, 0.5) is 0 Å². The minimum Gasteiger partial charge on any atom is -0.399 e. The summed E-state index contributed by atoms with van der Waals surface area (Å²) in [4.78, 5) is 31.9. The van der Waals surface area contributed by atoms with Crippen molar-refractivity contribution < 1.29 is 24.6 Å². The zero-order chi connectivity index (χ0) is 22.2. The van der Waals surface area contributed by atoms with Crippen molar-refractivity contribution in [2.75, 3.05) is 26.8 Å². The van der Waals surface area contributed by atoms with E-state index in [1.54, 1.807) is 17.0 Å². The molecule has 2 aromatic carbocycles. The van der Waals surface area contributed by atoms with Gasteiger partial charge in [-0.3, -0.25) is 9.59 Å². The van der Waals surface area contributed by atoms with E-state index in [1.165, 1.54) is 7.11 Å². The maximum atomic E-state index is 13.2. The van der Waals surface area contributed by atoms with Crippen LogP contribution in [0.15, 0.2) is 59.8 Å². The second-order valence-corrected chi connectivity index (χ2v) is 7.42. The molecule has 2 atom stereocenters. The smallest absolute Gasteiger partial charge is 0.254 e. The number of carbonyl (C=O) groups is 2. The van der Waals surface area contributed by atoms with Crippen molar-refractivity contribution in [3.05, 3.63) is 60.2 Å². The molecular formula is C23H27N3O5. The quantitative estimate of drug-likeness (QED) is 0.554. The van der Waals surface area contributed by atoms with Crippen LogP contribution < -0.4 is 5.32 Å². The molecule has 1 unspecified atom stereocenters. The molecule has 0 aliphatic carbocycles. The molecular weight excluding hydrogens is 398 g/mol. The number of rotatable bonds is 8. The second kappa shape index (κ2) is 10.7. The average Bonchev–Trinajstić information content (AvgIpc) is 3.19. The lowest BCUT2D eigenvalue weighted by atomic mass is 10.0. The van der Waals surface area contributed by atoms with Gasteiger partial charge in [-0.25, -0.2) is 0 Å². The molecule has 8 heteroatoms. The third kappa shape index (κ3) is 5.90. The van der Waals surface area contributed by atoms with E-state index >= 15 is 0 Å². The van der Waals surface area contributed by atoms with Gasteiger partial charge in [-0.15, -0.1) is 0 Å². The van der Waals surface area contributed by atoms with E-state index in [9.17, 15) is 14.7 Å². The van der Waals surface area contributed by atoms with Crippen LogP contribution in [-0.2, 0) is 9.63 Å². The number of hydrogen-bond donors (Lipinski definition) is 3. The molecule has 2 amide bonds. The highest BCUT2D eigenvalue weighted by Gasteiger charge is 2.35. The molecule has 3 rings (SSSR count). The van der Waals surface area contributed by atoms with Gasteiger partial charge in [0.15, 0.2) is 0 Å². The highest BCUT2D eigenvalue weighted by molar-refractivity contribution is 6.01. The van der Waals surface area contributed by atoms with Crippen molar-refractivity contribution in [3.8, 4) is 11.1 Å². The van der Waals surface area contributed by atoms with E-state index in [0.29, 0.717) is 17.7 Å². The fourth-order valence-corrected chi connectivity index (χ4v) is 3.57. The van der Waals surface area contributed by atoms with Crippen molar-refractivity contribution in [3.63, 3.8) is 0 Å². The van der Waals surface area contributed by atoms with Gasteiger partial charge in [0.2, 0.25) is 5.91 Å². The second-order valence-electron chi connectivity index (χ2n) is 7.42. The number of hydrogen-bond acceptors (Lipinski definition) is 6. The Bertz CT molecular complexity index is 915. The summed E-state index contributed by atoms with van der Waals surface area (Å²) in [7, 11) is 1.44. The molecule has 3 N–H and O–H groups in total. The molecule has 0 aromatic heterocycles. The fourth-order valence-electron chi connectivity index (χ4n) is 3.57. The minimum absolute atomic E-state index is 0.0457. The largest absolute Gasteiger partial charge is 0.399 e. The number of amides is 2. The summed E-state index contributed by atoms with van der Waals surface area (Å²) in [5.41, 5.74) is 3.29. The van der Waals surface area contributed by atoms with Crippen molar-refractivity contribution >= 4 is 17.5 Å². The average molecular weight is 425 g/mol. The van der Waals surface area contributed by atoms with Crippen molar-refractivity contribution in [1.82, 2.24) is 10.2 Å². The van der Waals surface area contributed by atoms with E-state index in [-0.39, 0.29) is 37.4 Å². The number of benzene rings is 2. The Balaban J connectivity index is 1.72. The molecule has 0 bridgehead atoms. The molecule has 1 saturated heterocycles. The van der Waals surface area contributed by atoms with Crippen LogP contribution >= 0.6 is 0 Å². The first kappa shape index (κ1) is 22.5. The standard InChI is InChI=1S/C23H27N3O5/c1-31-25-19-11-20(12-22(29)24-13-21(28)15-27)26(14-19)23(30)18-9-7-17(8-10-18)16-5-3-2-4-6-16/h2-10,20-21,27-28H,11-15H2,1H3,(H,24,29)/t20-,21?/m0/s1. The van der Waals surface area contributed by atoms with Crippen LogP contribution in [0, 0.1) is 0 Å². The third-order valence-corrected chi connectivity index (χ3v) is 5.15. The number of likely N-dealkylation sites (tertiary alicyclic amines) is 1. The number of carbonyl (C=O) groups excluding carboxylic acids is 2. The van der Waals surface area contributed by atoms with E-state index in [2.05, 4.69) is 10.5 Å². The predicted octanol–water partition coefficient (Wildman–Crippen LogP) is 1.43. The summed E-state index contributed by atoms with van der Waals surface area (Å²) in [6.45, 7) is -0.196. The SMILES string of the molecule is CON=C1C[C@@H](CC(=O)NCC(O)CO)N(C(=O)c2ccc(-c3ccccc3)cc2)C1. The number of aliphatic hydroxyl groups is 2. The van der Waals surface area contributed by atoms with Gasteiger partial charge in [0, 0.05) is 31.0 Å². The Morgan fingerprint density at radius 1 is 1.16 bits per heavy atom. The molecule has 0 spiro atoms. The Hall–Kier alpha value is -3.23. The molecule has 31 heavy (non-hydrogen) atoms. The topological polar surface area (TPSA) is 111 Å². The van der Waals surface area contributed by atoms with Crippen LogP contribution in [0.3, 0.4) is 0 Å². The summed E-state index contributed by atoms with van der Waals surface area (Å²) in [5.74, 6) is -0.498. The Labute approximate surface area is 181 Å². The summed E-state index contributed by atoms with van der Waals surface area (Å²) >= 11 is 0. The zero-order valence-electron chi connectivity index (χ0n) is 17.4. The first-order valence-corrected chi connectivity index (χ1v) is 10.1. The van der Waals surface area contributed by atoms with Gasteiger partial charge < -0.3 is 25.3 Å². The van der Waals surface area contributed by atoms with Gasteiger partial charge in [0.25, 0.3) is 5.91 Å². The normalized spacial score (nSPS) is 18.1. The molecule has 164 valence electrons. The lowest BCUT2D eigenvalue weighted by Gasteiger charge is -2.24. The summed E-state index contributed by atoms with van der Waals surface area (Å²) in [6, 6.07) is 16.9. The number of oxime groups is 1. The molecule has 1 heterocycles. The van der Waals surface area contributed by atoms with Gasteiger partial charge in [-0.2, -0.15) is 0 Å². The van der Waals surface area contributed by atoms with Crippen LogP contribution in [0.25, 0.3) is 11.1 Å². The molecule has 1 aliphatic heterocycles. The van der Waals surface area contributed by atoms with Gasteiger partial charge in [-0.1, -0.05) is 47.6 Å². The zero-order valence-corrected chi connectivity index (χ0v) is 17.4. The molecule has 1 fully saturated rings. The van der Waals surface area contributed by atoms with Crippen molar-refractivity contribution in [2.45, 2.75) is 25.0 Å². The summed E-state index contributed by atoms with van der Waals surface area (Å²) in [5, 5.41) is 24.8. The highest BCUT2D eigenvalue weighted by atomic mass is 16.6. The predicted molar refractivity (Wildman–Crippen MR) is 116 cm³/mol. The van der Waals surface area contributed by atoms with E-state index < -0.39 is 12.7 Å². The number of aliphatic hydroxyl groups excluding tert-OH is 2. The van der Waals surface area contributed by atoms with Gasteiger partial charge in [0.05, 0.1) is 25.0 Å². The first-order valence-electron chi connectivity index (χ1n) is 10.1. The molecule has 8 nitrogen and oxygen atoms in total. The molecule has 0 radical (unpaired) electrons. The lowest BCUT2D eigenvalue weighted by molar-refractivity contribution is -0.122. The highest BCUT2D eigenvalue weighted by Crippen LogP contribution is 2.24. The third-order valence-electron chi connectivity index (χ3n) is 5.15. The van der Waals surface area contributed by atoms with E-state index in [0.717, 1.165) is 11.1 Å². The van der Waals surface area contributed by atoms with Crippen LogP contribution in [0.2, 0.25) is 0 Å².